The second kappa shape index (κ2) is 5.40. The zero-order chi connectivity index (χ0) is 13.9. The van der Waals surface area contributed by atoms with E-state index >= 15 is 0 Å². The minimum absolute atomic E-state index is 0.0811. The van der Waals surface area contributed by atoms with Crippen LogP contribution in [0.1, 0.15) is 6.92 Å². The molecule has 0 aliphatic heterocycles. The molecule has 6 nitrogen and oxygen atoms in total. The molecule has 0 radical (unpaired) electrons. The fourth-order valence-electron chi connectivity index (χ4n) is 1.82. The first kappa shape index (κ1) is 13.5. The fraction of sp³-hybridized carbons (Fsp3) is 0.333. The van der Waals surface area contributed by atoms with Gasteiger partial charge in [0.05, 0.1) is 5.75 Å². The van der Waals surface area contributed by atoms with E-state index in [0.29, 0.717) is 5.89 Å². The number of hydrogen-bond acceptors (Lipinski definition) is 6. The maximum absolute atomic E-state index is 11.2. The summed E-state index contributed by atoms with van der Waals surface area (Å²) in [6.45, 7) is 1.82. The van der Waals surface area contributed by atoms with Gasteiger partial charge in [-0.3, -0.25) is 0 Å². The van der Waals surface area contributed by atoms with Crippen molar-refractivity contribution in [3.05, 3.63) is 30.7 Å². The van der Waals surface area contributed by atoms with Crippen LogP contribution in [0.25, 0.3) is 11.5 Å². The SMILES string of the molecule is CC(CS(C)(=O)=O)Nc1cccc(-c2nnco2)c1. The quantitative estimate of drug-likeness (QED) is 0.895. The largest absolute Gasteiger partial charge is 0.423 e. The van der Waals surface area contributed by atoms with Gasteiger partial charge < -0.3 is 9.73 Å². The number of hydrogen-bond donors (Lipinski definition) is 1. The lowest BCUT2D eigenvalue weighted by molar-refractivity contribution is 0.568. The molecular weight excluding hydrogens is 266 g/mol. The van der Waals surface area contributed by atoms with Crippen molar-refractivity contribution in [2.45, 2.75) is 13.0 Å². The van der Waals surface area contributed by atoms with Gasteiger partial charge in [0.2, 0.25) is 12.3 Å². The zero-order valence-electron chi connectivity index (χ0n) is 10.7. The van der Waals surface area contributed by atoms with Crippen molar-refractivity contribution >= 4 is 15.5 Å². The number of benzene rings is 1. The van der Waals surface area contributed by atoms with Gasteiger partial charge in [-0.1, -0.05) is 6.07 Å². The third-order valence-corrected chi connectivity index (χ3v) is 3.54. The molecule has 7 heteroatoms. The molecule has 2 aromatic rings. The van der Waals surface area contributed by atoms with Gasteiger partial charge in [-0.25, -0.2) is 8.42 Å². The molecule has 1 atom stereocenters. The van der Waals surface area contributed by atoms with E-state index in [9.17, 15) is 8.42 Å². The average molecular weight is 281 g/mol. The smallest absolute Gasteiger partial charge is 0.247 e. The number of aromatic nitrogens is 2. The molecular formula is C12H15N3O3S. The maximum Gasteiger partial charge on any atom is 0.247 e. The highest BCUT2D eigenvalue weighted by atomic mass is 32.2. The summed E-state index contributed by atoms with van der Waals surface area (Å²) in [5, 5.41) is 10.6. The molecule has 1 aromatic heterocycles. The summed E-state index contributed by atoms with van der Waals surface area (Å²) in [5.74, 6) is 0.511. The number of rotatable bonds is 5. The van der Waals surface area contributed by atoms with E-state index < -0.39 is 9.84 Å². The summed E-state index contributed by atoms with van der Waals surface area (Å²) < 4.78 is 27.5. The molecule has 0 bridgehead atoms. The standard InChI is InChI=1S/C12H15N3O3S/c1-9(7-19(2,16)17)14-11-5-3-4-10(6-11)12-15-13-8-18-12/h3-6,8-9,14H,7H2,1-2H3. The summed E-state index contributed by atoms with van der Waals surface area (Å²) in [6.07, 6.45) is 2.49. The fourth-order valence-corrected chi connectivity index (χ4v) is 2.81. The van der Waals surface area contributed by atoms with Gasteiger partial charge in [-0.05, 0) is 25.1 Å². The highest BCUT2D eigenvalue weighted by Gasteiger charge is 2.11. The molecule has 1 aromatic carbocycles. The third kappa shape index (κ3) is 4.06. The first-order valence-electron chi connectivity index (χ1n) is 5.75. The minimum Gasteiger partial charge on any atom is -0.423 e. The Morgan fingerprint density at radius 2 is 2.21 bits per heavy atom. The van der Waals surface area contributed by atoms with Crippen molar-refractivity contribution in [1.29, 1.82) is 0 Å². The maximum atomic E-state index is 11.2. The highest BCUT2D eigenvalue weighted by molar-refractivity contribution is 7.90. The molecule has 1 heterocycles. The van der Waals surface area contributed by atoms with Crippen molar-refractivity contribution in [3.63, 3.8) is 0 Å². The lowest BCUT2D eigenvalue weighted by atomic mass is 10.2. The molecule has 0 aliphatic rings. The molecule has 102 valence electrons. The summed E-state index contributed by atoms with van der Waals surface area (Å²) in [6, 6.07) is 7.22. The molecule has 0 amide bonds. The van der Waals surface area contributed by atoms with Gasteiger partial charge in [-0.2, -0.15) is 0 Å². The average Bonchev–Trinajstić information content (AvgIpc) is 2.79. The Kier molecular flexibility index (Phi) is 3.84. The van der Waals surface area contributed by atoms with Crippen LogP contribution >= 0.6 is 0 Å². The van der Waals surface area contributed by atoms with Crippen molar-refractivity contribution in [3.8, 4) is 11.5 Å². The van der Waals surface area contributed by atoms with E-state index in [1.54, 1.807) is 0 Å². The number of anilines is 1. The van der Waals surface area contributed by atoms with Gasteiger partial charge >= 0.3 is 0 Å². The molecule has 0 aliphatic carbocycles. The van der Waals surface area contributed by atoms with E-state index in [1.807, 2.05) is 31.2 Å². The molecule has 1 unspecified atom stereocenters. The van der Waals surface area contributed by atoms with Crippen molar-refractivity contribution in [1.82, 2.24) is 10.2 Å². The van der Waals surface area contributed by atoms with Gasteiger partial charge in [0, 0.05) is 23.5 Å². The molecule has 19 heavy (non-hydrogen) atoms. The second-order valence-corrected chi connectivity index (χ2v) is 6.65. The Morgan fingerprint density at radius 1 is 1.42 bits per heavy atom. The number of nitrogens with zero attached hydrogens (tertiary/aromatic N) is 2. The lowest BCUT2D eigenvalue weighted by Gasteiger charge is -2.14. The Bertz CT molecular complexity index is 638. The predicted molar refractivity (Wildman–Crippen MR) is 72.5 cm³/mol. The van der Waals surface area contributed by atoms with Gasteiger partial charge in [-0.15, -0.1) is 10.2 Å². The Labute approximate surface area is 111 Å². The Morgan fingerprint density at radius 3 is 2.84 bits per heavy atom. The van der Waals surface area contributed by atoms with Crippen LogP contribution in [0, 0.1) is 0 Å². The zero-order valence-corrected chi connectivity index (χ0v) is 11.5. The topological polar surface area (TPSA) is 85.1 Å². The summed E-state index contributed by atoms with van der Waals surface area (Å²) in [5.41, 5.74) is 1.60. The first-order valence-corrected chi connectivity index (χ1v) is 7.81. The van der Waals surface area contributed by atoms with Crippen LogP contribution in [0.2, 0.25) is 0 Å². The van der Waals surface area contributed by atoms with Crippen molar-refractivity contribution in [2.75, 3.05) is 17.3 Å². The lowest BCUT2D eigenvalue weighted by Crippen LogP contribution is -2.24. The second-order valence-electron chi connectivity index (χ2n) is 4.46. The Balaban J connectivity index is 2.12. The van der Waals surface area contributed by atoms with E-state index in [0.717, 1.165) is 11.3 Å². The monoisotopic (exact) mass is 281 g/mol. The number of nitrogens with one attached hydrogen (secondary N) is 1. The van der Waals surface area contributed by atoms with Crippen LogP contribution in [-0.4, -0.2) is 36.7 Å². The van der Waals surface area contributed by atoms with Crippen LogP contribution < -0.4 is 5.32 Å². The van der Waals surface area contributed by atoms with Crippen LogP contribution in [-0.2, 0) is 9.84 Å². The van der Waals surface area contributed by atoms with Crippen LogP contribution in [0.5, 0.6) is 0 Å². The minimum atomic E-state index is -3.00. The van der Waals surface area contributed by atoms with Gasteiger partial charge in [0.1, 0.15) is 9.84 Å². The van der Waals surface area contributed by atoms with E-state index in [1.165, 1.54) is 12.6 Å². The molecule has 2 rings (SSSR count). The molecule has 1 N–H and O–H groups in total. The summed E-state index contributed by atoms with van der Waals surface area (Å²) in [4.78, 5) is 0. The van der Waals surface area contributed by atoms with Crippen LogP contribution in [0.3, 0.4) is 0 Å². The van der Waals surface area contributed by atoms with Gasteiger partial charge in [0.25, 0.3) is 0 Å². The molecule has 0 fully saturated rings. The van der Waals surface area contributed by atoms with E-state index in [-0.39, 0.29) is 11.8 Å². The van der Waals surface area contributed by atoms with Crippen molar-refractivity contribution in [2.24, 2.45) is 0 Å². The molecule has 0 spiro atoms. The molecule has 0 saturated carbocycles. The Hall–Kier alpha value is -1.89. The number of sulfone groups is 1. The first-order chi connectivity index (χ1) is 8.94. The van der Waals surface area contributed by atoms with Crippen LogP contribution in [0.4, 0.5) is 5.69 Å². The van der Waals surface area contributed by atoms with E-state index in [2.05, 4.69) is 15.5 Å². The predicted octanol–water partition coefficient (Wildman–Crippen LogP) is 1.58. The molecule has 0 saturated heterocycles. The van der Waals surface area contributed by atoms with E-state index in [4.69, 9.17) is 4.42 Å². The van der Waals surface area contributed by atoms with Crippen molar-refractivity contribution < 1.29 is 12.8 Å². The summed E-state index contributed by atoms with van der Waals surface area (Å²) >= 11 is 0. The highest BCUT2D eigenvalue weighted by Crippen LogP contribution is 2.20. The normalized spacial score (nSPS) is 13.2. The van der Waals surface area contributed by atoms with Crippen LogP contribution in [0.15, 0.2) is 35.1 Å². The van der Waals surface area contributed by atoms with Gasteiger partial charge in [0.15, 0.2) is 0 Å². The third-order valence-electron chi connectivity index (χ3n) is 2.44. The summed E-state index contributed by atoms with van der Waals surface area (Å²) in [7, 11) is -3.00.